The number of nitrogens with zero attached hydrogens (tertiary/aromatic N) is 3. The molecule has 1 amide bonds. The topological polar surface area (TPSA) is 93.8 Å². The second-order valence-corrected chi connectivity index (χ2v) is 8.82. The van der Waals surface area contributed by atoms with Crippen molar-refractivity contribution >= 4 is 34.2 Å². The maximum Gasteiger partial charge on any atom is 0.273 e. The molecule has 5 rings (SSSR count). The van der Waals surface area contributed by atoms with E-state index in [1.807, 2.05) is 54.6 Å². The van der Waals surface area contributed by atoms with Crippen LogP contribution in [0.3, 0.4) is 0 Å². The fourth-order valence-electron chi connectivity index (χ4n) is 4.43. The Hall–Kier alpha value is -3.51. The summed E-state index contributed by atoms with van der Waals surface area (Å²) in [5.74, 6) is 0.314. The van der Waals surface area contributed by atoms with Crippen molar-refractivity contribution in [3.8, 4) is 22.5 Å². The van der Waals surface area contributed by atoms with Crippen molar-refractivity contribution in [2.45, 2.75) is 25.7 Å². The van der Waals surface area contributed by atoms with E-state index < -0.39 is 0 Å². The van der Waals surface area contributed by atoms with Gasteiger partial charge >= 0.3 is 0 Å². The van der Waals surface area contributed by atoms with Crippen LogP contribution in [0.15, 0.2) is 60.8 Å². The third-order valence-corrected chi connectivity index (χ3v) is 6.43. The molecule has 2 aromatic heterocycles. The molecule has 1 saturated carbocycles. The molecule has 3 N–H and O–H groups in total. The summed E-state index contributed by atoms with van der Waals surface area (Å²) in [7, 11) is 0. The van der Waals surface area contributed by atoms with Gasteiger partial charge in [-0.1, -0.05) is 60.8 Å². The van der Waals surface area contributed by atoms with Crippen molar-refractivity contribution in [3.05, 3.63) is 71.5 Å². The number of nitrogen functional groups attached to an aromatic ring is 1. The van der Waals surface area contributed by atoms with Crippen LogP contribution >= 0.6 is 11.6 Å². The summed E-state index contributed by atoms with van der Waals surface area (Å²) in [6.45, 7) is 0.628. The van der Waals surface area contributed by atoms with Gasteiger partial charge in [-0.3, -0.25) is 9.78 Å². The molecule has 0 atom stereocenters. The van der Waals surface area contributed by atoms with Gasteiger partial charge in [0.1, 0.15) is 0 Å². The number of aromatic nitrogens is 3. The number of pyridine rings is 1. The SMILES string of the molecule is Nc1nc(-c2ccccc2)c(-c2cc(Cl)c3ncccc3c2)nc1C(=O)NCC1CCCC1. The molecule has 6 nitrogen and oxygen atoms in total. The van der Waals surface area contributed by atoms with Crippen molar-refractivity contribution < 1.29 is 4.79 Å². The predicted molar refractivity (Wildman–Crippen MR) is 132 cm³/mol. The summed E-state index contributed by atoms with van der Waals surface area (Å²) in [5.41, 5.74) is 9.83. The molecule has 1 aliphatic rings. The van der Waals surface area contributed by atoms with E-state index in [0.717, 1.165) is 29.4 Å². The lowest BCUT2D eigenvalue weighted by Gasteiger charge is -2.15. The maximum absolute atomic E-state index is 13.0. The zero-order chi connectivity index (χ0) is 22.8. The first-order chi connectivity index (χ1) is 16.1. The second kappa shape index (κ2) is 9.16. The highest BCUT2D eigenvalue weighted by Gasteiger charge is 2.22. The van der Waals surface area contributed by atoms with E-state index in [-0.39, 0.29) is 17.4 Å². The minimum absolute atomic E-state index is 0.107. The highest BCUT2D eigenvalue weighted by atomic mass is 35.5. The first-order valence-electron chi connectivity index (χ1n) is 11.2. The largest absolute Gasteiger partial charge is 0.382 e. The van der Waals surface area contributed by atoms with Crippen molar-refractivity contribution in [2.75, 3.05) is 12.3 Å². The van der Waals surface area contributed by atoms with Gasteiger partial charge in [-0.2, -0.15) is 0 Å². The molecule has 0 unspecified atom stereocenters. The smallest absolute Gasteiger partial charge is 0.273 e. The normalized spacial score (nSPS) is 14.0. The molecule has 0 aliphatic heterocycles. The van der Waals surface area contributed by atoms with E-state index in [9.17, 15) is 4.79 Å². The maximum atomic E-state index is 13.0. The molecule has 0 radical (unpaired) electrons. The van der Waals surface area contributed by atoms with E-state index in [2.05, 4.69) is 15.3 Å². The molecule has 4 aromatic rings. The van der Waals surface area contributed by atoms with Gasteiger partial charge in [0.05, 0.1) is 21.9 Å². The van der Waals surface area contributed by atoms with Gasteiger partial charge in [-0.05, 0) is 37.0 Å². The van der Waals surface area contributed by atoms with E-state index in [4.69, 9.17) is 22.3 Å². The standard InChI is InChI=1S/C26H24ClN5O/c27-20-14-19(13-18-11-6-12-29-21(18)20)23-22(17-9-2-1-3-10-17)32-25(28)24(31-23)26(33)30-15-16-7-4-5-8-16/h1-3,6,9-14,16H,4-5,7-8,15H2,(H2,28,32)(H,30,33). The highest BCUT2D eigenvalue weighted by molar-refractivity contribution is 6.35. The second-order valence-electron chi connectivity index (χ2n) is 8.41. The number of carbonyl (C=O) groups excluding carboxylic acids is 1. The number of hydrogen-bond donors (Lipinski definition) is 2. The monoisotopic (exact) mass is 457 g/mol. The molecule has 0 spiro atoms. The molecule has 166 valence electrons. The lowest BCUT2D eigenvalue weighted by atomic mass is 10.0. The molecule has 2 heterocycles. The Kier molecular flexibility index (Phi) is 5.92. The van der Waals surface area contributed by atoms with Gasteiger partial charge in [0.25, 0.3) is 5.91 Å². The van der Waals surface area contributed by atoms with Crippen LogP contribution in [0.5, 0.6) is 0 Å². The van der Waals surface area contributed by atoms with Crippen LogP contribution in [0.4, 0.5) is 5.82 Å². The Bertz CT molecular complexity index is 1320. The van der Waals surface area contributed by atoms with Crippen molar-refractivity contribution in [2.24, 2.45) is 5.92 Å². The van der Waals surface area contributed by atoms with Crippen LogP contribution in [0, 0.1) is 5.92 Å². The zero-order valence-corrected chi connectivity index (χ0v) is 18.8. The molecule has 0 saturated heterocycles. The van der Waals surface area contributed by atoms with E-state index in [1.165, 1.54) is 12.8 Å². The summed E-state index contributed by atoms with van der Waals surface area (Å²) >= 11 is 6.55. The fraction of sp³-hybridized carbons (Fsp3) is 0.231. The summed E-state index contributed by atoms with van der Waals surface area (Å²) in [6.07, 6.45) is 6.43. The van der Waals surface area contributed by atoms with Gasteiger partial charge < -0.3 is 11.1 Å². The number of hydrogen-bond acceptors (Lipinski definition) is 5. The Morgan fingerprint density at radius 2 is 1.76 bits per heavy atom. The van der Waals surface area contributed by atoms with Crippen LogP contribution in [0.25, 0.3) is 33.4 Å². The average molecular weight is 458 g/mol. The van der Waals surface area contributed by atoms with Crippen LogP contribution in [0.1, 0.15) is 36.2 Å². The molecule has 7 heteroatoms. The van der Waals surface area contributed by atoms with Gasteiger partial charge in [-0.25, -0.2) is 9.97 Å². The van der Waals surface area contributed by atoms with Gasteiger partial charge in [0, 0.05) is 29.3 Å². The number of anilines is 1. The molecular weight excluding hydrogens is 434 g/mol. The predicted octanol–water partition coefficient (Wildman–Crippen LogP) is 5.51. The number of fused-ring (bicyclic) bond motifs is 1. The first-order valence-corrected chi connectivity index (χ1v) is 11.5. The number of carbonyl (C=O) groups is 1. The number of nitrogens with two attached hydrogens (primary N) is 1. The third kappa shape index (κ3) is 4.39. The zero-order valence-electron chi connectivity index (χ0n) is 18.1. The fourth-order valence-corrected chi connectivity index (χ4v) is 4.71. The van der Waals surface area contributed by atoms with E-state index in [1.54, 1.807) is 6.20 Å². The van der Waals surface area contributed by atoms with Crippen LogP contribution in [0.2, 0.25) is 5.02 Å². The van der Waals surface area contributed by atoms with Gasteiger partial charge in [-0.15, -0.1) is 0 Å². The van der Waals surface area contributed by atoms with Crippen LogP contribution in [-0.4, -0.2) is 27.4 Å². The Morgan fingerprint density at radius 1 is 1.00 bits per heavy atom. The molecular formula is C26H24ClN5O. The minimum atomic E-state index is -0.304. The quantitative estimate of drug-likeness (QED) is 0.411. The number of benzene rings is 2. The number of rotatable bonds is 5. The first kappa shape index (κ1) is 21.3. The summed E-state index contributed by atoms with van der Waals surface area (Å²) in [6, 6.07) is 17.2. The Morgan fingerprint density at radius 3 is 2.55 bits per heavy atom. The van der Waals surface area contributed by atoms with Crippen molar-refractivity contribution in [1.82, 2.24) is 20.3 Å². The Balaban J connectivity index is 1.61. The highest BCUT2D eigenvalue weighted by Crippen LogP contribution is 2.35. The molecule has 1 aliphatic carbocycles. The van der Waals surface area contributed by atoms with Gasteiger partial charge in [0.15, 0.2) is 11.5 Å². The summed E-state index contributed by atoms with van der Waals surface area (Å²) in [4.78, 5) is 26.7. The number of nitrogens with one attached hydrogen (secondary N) is 1. The molecule has 0 bridgehead atoms. The Labute approximate surface area is 197 Å². The lowest BCUT2D eigenvalue weighted by molar-refractivity contribution is 0.0943. The lowest BCUT2D eigenvalue weighted by Crippen LogP contribution is -2.30. The summed E-state index contributed by atoms with van der Waals surface area (Å²) in [5, 5.41) is 4.39. The molecule has 2 aromatic carbocycles. The number of amides is 1. The minimum Gasteiger partial charge on any atom is -0.382 e. The van der Waals surface area contributed by atoms with Crippen LogP contribution in [-0.2, 0) is 0 Å². The van der Waals surface area contributed by atoms with Crippen molar-refractivity contribution in [1.29, 1.82) is 0 Å². The summed E-state index contributed by atoms with van der Waals surface area (Å²) < 4.78 is 0. The van der Waals surface area contributed by atoms with Crippen molar-refractivity contribution in [3.63, 3.8) is 0 Å². The average Bonchev–Trinajstić information content (AvgIpc) is 3.37. The number of halogens is 1. The van der Waals surface area contributed by atoms with E-state index >= 15 is 0 Å². The van der Waals surface area contributed by atoms with E-state index in [0.29, 0.717) is 34.4 Å². The van der Waals surface area contributed by atoms with Crippen LogP contribution < -0.4 is 11.1 Å². The molecule has 1 fully saturated rings. The molecule has 33 heavy (non-hydrogen) atoms. The third-order valence-electron chi connectivity index (χ3n) is 6.14. The van der Waals surface area contributed by atoms with Gasteiger partial charge in [0.2, 0.25) is 0 Å².